The molecule has 3 amide bonds. The van der Waals surface area contributed by atoms with Crippen LogP contribution in [-0.4, -0.2) is 64.7 Å². The Kier molecular flexibility index (Phi) is 5.29. The number of hydrogen-bond donors (Lipinski definition) is 1. The molecule has 3 aliphatic heterocycles. The van der Waals surface area contributed by atoms with Gasteiger partial charge in [-0.05, 0) is 37.0 Å². The smallest absolute Gasteiger partial charge is 0.374 e. The van der Waals surface area contributed by atoms with Gasteiger partial charge in [-0.25, -0.2) is 14.2 Å². The van der Waals surface area contributed by atoms with Crippen LogP contribution in [0.3, 0.4) is 0 Å². The van der Waals surface area contributed by atoms with Crippen LogP contribution in [0.1, 0.15) is 37.7 Å². The molecule has 5 rings (SSSR count). The third kappa shape index (κ3) is 3.34. The summed E-state index contributed by atoms with van der Waals surface area (Å²) in [6.45, 7) is 2.12. The van der Waals surface area contributed by atoms with Gasteiger partial charge in [0.2, 0.25) is 0 Å². The minimum absolute atomic E-state index is 0.0324. The molecule has 4 atom stereocenters. The van der Waals surface area contributed by atoms with Crippen molar-refractivity contribution in [3.05, 3.63) is 29.8 Å². The van der Waals surface area contributed by atoms with E-state index in [0.29, 0.717) is 30.7 Å². The Balaban J connectivity index is 1.39. The molecule has 10 heteroatoms. The average molecular weight is 468 g/mol. The molecule has 6 nitrogen and oxygen atoms in total. The van der Waals surface area contributed by atoms with Crippen molar-refractivity contribution in [2.24, 2.45) is 5.92 Å². The monoisotopic (exact) mass is 467 g/mol. The molecule has 1 aromatic carbocycles. The predicted octanol–water partition coefficient (Wildman–Crippen LogP) is 3.51. The number of rotatable bonds is 4. The Morgan fingerprint density at radius 2 is 1.91 bits per heavy atom. The number of nitrogens with zero attached hydrogens (tertiary/aromatic N) is 3. The van der Waals surface area contributed by atoms with Gasteiger partial charge in [-0.1, -0.05) is 37.5 Å². The van der Waals surface area contributed by atoms with Crippen LogP contribution in [0.4, 0.5) is 23.7 Å². The quantitative estimate of drug-likeness (QED) is 0.417. The molecule has 1 saturated carbocycles. The van der Waals surface area contributed by atoms with E-state index in [1.807, 2.05) is 0 Å². The summed E-state index contributed by atoms with van der Waals surface area (Å²) in [5, 5.41) is 3.36. The number of piperazine rings is 1. The predicted molar refractivity (Wildman–Crippen MR) is 116 cm³/mol. The number of carbonyl (C=O) groups is 2. The zero-order valence-corrected chi connectivity index (χ0v) is 18.4. The number of halogens is 3. The van der Waals surface area contributed by atoms with Gasteiger partial charge in [-0.15, -0.1) is 0 Å². The number of carbonyl (C=O) groups excluding carboxylic acids is 2. The first-order valence-electron chi connectivity index (χ1n) is 11.1. The highest BCUT2D eigenvalue weighted by atomic mass is 32.1. The highest BCUT2D eigenvalue weighted by molar-refractivity contribution is 7.80. The van der Waals surface area contributed by atoms with Crippen LogP contribution >= 0.6 is 12.2 Å². The molecule has 4 unspecified atom stereocenters. The number of benzene rings is 1. The van der Waals surface area contributed by atoms with E-state index in [9.17, 15) is 22.8 Å². The van der Waals surface area contributed by atoms with Crippen LogP contribution in [0, 0.1) is 5.92 Å². The molecule has 3 saturated heterocycles. The molecule has 3 heterocycles. The lowest BCUT2D eigenvalue weighted by Gasteiger charge is -2.34. The number of imide groups is 1. The number of urea groups is 1. The molecule has 4 aliphatic rings. The summed E-state index contributed by atoms with van der Waals surface area (Å²) in [6, 6.07) is 2.95. The van der Waals surface area contributed by atoms with Crippen LogP contribution in [0.15, 0.2) is 24.3 Å². The number of anilines is 1. The van der Waals surface area contributed by atoms with Gasteiger partial charge in [0.1, 0.15) is 11.7 Å². The molecule has 0 radical (unpaired) electrons. The van der Waals surface area contributed by atoms with Crippen LogP contribution < -0.4 is 10.2 Å². The van der Waals surface area contributed by atoms with Gasteiger partial charge < -0.3 is 5.32 Å². The highest BCUT2D eigenvalue weighted by Gasteiger charge is 2.72. The minimum atomic E-state index is -4.55. The fourth-order valence-electron chi connectivity index (χ4n) is 5.85. The summed E-state index contributed by atoms with van der Waals surface area (Å²) in [7, 11) is 0. The van der Waals surface area contributed by atoms with Gasteiger partial charge in [-0.2, -0.15) is 18.1 Å². The Hall–Kier alpha value is -2.04. The van der Waals surface area contributed by atoms with E-state index in [1.54, 1.807) is 0 Å². The van der Waals surface area contributed by atoms with Crippen molar-refractivity contribution in [3.63, 3.8) is 0 Å². The van der Waals surface area contributed by atoms with Crippen molar-refractivity contribution in [2.45, 2.75) is 50.4 Å². The Morgan fingerprint density at radius 1 is 1.16 bits per heavy atom. The molecule has 1 aliphatic carbocycles. The second-order valence-corrected chi connectivity index (χ2v) is 9.83. The molecule has 1 N–H and O–H groups in total. The molecule has 4 fully saturated rings. The van der Waals surface area contributed by atoms with Crippen LogP contribution in [-0.2, 0) is 11.0 Å². The van der Waals surface area contributed by atoms with Crippen molar-refractivity contribution in [2.75, 3.05) is 31.2 Å². The van der Waals surface area contributed by atoms with Crippen molar-refractivity contribution in [1.29, 1.82) is 0 Å². The van der Waals surface area contributed by atoms with E-state index in [1.165, 1.54) is 31.4 Å². The summed E-state index contributed by atoms with van der Waals surface area (Å²) in [4.78, 5) is 30.5. The Morgan fingerprint density at radius 3 is 2.62 bits per heavy atom. The topological polar surface area (TPSA) is 52.7 Å². The number of amides is 3. The first-order chi connectivity index (χ1) is 15.2. The van der Waals surface area contributed by atoms with Gasteiger partial charge in [0.25, 0.3) is 5.91 Å². The summed E-state index contributed by atoms with van der Waals surface area (Å²) in [6.07, 6.45) is 1.48. The maximum absolute atomic E-state index is 13.6. The number of alkyl halides is 3. The Labute approximate surface area is 189 Å². The molecule has 0 aromatic heterocycles. The van der Waals surface area contributed by atoms with Crippen LogP contribution in [0.5, 0.6) is 0 Å². The highest BCUT2D eigenvalue weighted by Crippen LogP contribution is 2.44. The van der Waals surface area contributed by atoms with E-state index in [2.05, 4.69) is 10.2 Å². The second-order valence-electron chi connectivity index (χ2n) is 9.39. The molecule has 2 bridgehead atoms. The van der Waals surface area contributed by atoms with Gasteiger partial charge in [0, 0.05) is 6.54 Å². The first-order valence-corrected chi connectivity index (χ1v) is 11.6. The third-order valence-corrected chi connectivity index (χ3v) is 7.90. The molecular weight excluding hydrogens is 441 g/mol. The number of hydrogen-bond acceptors (Lipinski definition) is 4. The van der Waals surface area contributed by atoms with Crippen molar-refractivity contribution < 1.29 is 27.2 Å². The van der Waals surface area contributed by atoms with Gasteiger partial charge in [-0.3, -0.25) is 4.79 Å². The van der Waals surface area contributed by atoms with E-state index in [-0.39, 0.29) is 16.2 Å². The van der Waals surface area contributed by atoms with Crippen LogP contribution in [0.25, 0.3) is 0 Å². The fraction of sp³-hybridized carbons (Fsp3) is 0.591. The van der Waals surface area contributed by atoms with Crippen molar-refractivity contribution in [3.8, 4) is 0 Å². The van der Waals surface area contributed by atoms with Gasteiger partial charge >= 0.3 is 12.2 Å². The van der Waals surface area contributed by atoms with E-state index in [4.69, 9.17) is 12.2 Å². The standard InChI is InChI=1S/C22H25F3N4O2S/c23-22(24,25)15-7-4-8-16(9-15)28-20(30)18-12-27-11-17(29(18,13-27)21(28)31)19(32)26-10-14-5-2-1-3-6-14/h4,7-9,14,17-18H,1-3,5-6,10-13H2/p+1. The zero-order valence-electron chi connectivity index (χ0n) is 17.6. The van der Waals surface area contributed by atoms with E-state index < -0.39 is 29.7 Å². The maximum atomic E-state index is 13.6. The second kappa shape index (κ2) is 7.78. The molecule has 1 spiro atoms. The summed E-state index contributed by atoms with van der Waals surface area (Å²) < 4.78 is 39.5. The summed E-state index contributed by atoms with van der Waals surface area (Å²) >= 11 is 5.70. The van der Waals surface area contributed by atoms with E-state index >= 15 is 0 Å². The summed E-state index contributed by atoms with van der Waals surface area (Å²) in [5.74, 6) is 0.112. The summed E-state index contributed by atoms with van der Waals surface area (Å²) in [5.41, 5.74) is -0.915. The number of thiocarbonyl (C=S) groups is 1. The van der Waals surface area contributed by atoms with Gasteiger partial charge in [0.05, 0.1) is 24.3 Å². The SMILES string of the molecule is O=C1C2CN3CC(C(=S)NCC4CCCCC4)[N+]2(C3)C(=O)N1c1cccc(C(F)(F)F)c1. The molecular formula is C22H26F3N4O2S+. The van der Waals surface area contributed by atoms with E-state index in [0.717, 1.165) is 36.4 Å². The van der Waals surface area contributed by atoms with Crippen molar-refractivity contribution in [1.82, 2.24) is 10.2 Å². The zero-order chi connectivity index (χ0) is 22.7. The minimum Gasteiger partial charge on any atom is -0.374 e. The lowest BCUT2D eigenvalue weighted by atomic mass is 9.89. The molecule has 172 valence electrons. The number of nitrogens with one attached hydrogen (secondary N) is 1. The maximum Gasteiger partial charge on any atom is 0.433 e. The van der Waals surface area contributed by atoms with Crippen molar-refractivity contribution >= 4 is 34.8 Å². The average Bonchev–Trinajstić information content (AvgIpc) is 3.41. The lowest BCUT2D eigenvalue weighted by molar-refractivity contribution is -0.851. The Bertz CT molecular complexity index is 965. The fourth-order valence-corrected chi connectivity index (χ4v) is 6.20. The normalized spacial score (nSPS) is 32.5. The largest absolute Gasteiger partial charge is 0.433 e. The third-order valence-electron chi connectivity index (χ3n) is 7.49. The first kappa shape index (κ1) is 21.8. The molecule has 1 aromatic rings. The van der Waals surface area contributed by atoms with Crippen LogP contribution in [0.2, 0.25) is 0 Å². The molecule has 32 heavy (non-hydrogen) atoms. The van der Waals surface area contributed by atoms with Gasteiger partial charge in [0.15, 0.2) is 12.1 Å². The number of fused-ring (bicyclic) bond motifs is 1. The lowest BCUT2D eigenvalue weighted by Crippen LogP contribution is -2.64. The number of quaternary nitrogens is 1.